The molecular weight excluding hydrogens is 256 g/mol. The van der Waals surface area contributed by atoms with Crippen molar-refractivity contribution in [3.8, 4) is 0 Å². The second-order valence-corrected chi connectivity index (χ2v) is 4.51. The van der Waals surface area contributed by atoms with E-state index in [9.17, 15) is 9.59 Å². The van der Waals surface area contributed by atoms with Crippen molar-refractivity contribution in [3.63, 3.8) is 0 Å². The van der Waals surface area contributed by atoms with Gasteiger partial charge in [-0.2, -0.15) is 0 Å². The molecule has 0 saturated heterocycles. The summed E-state index contributed by atoms with van der Waals surface area (Å²) in [6.07, 6.45) is 0.699. The van der Waals surface area contributed by atoms with E-state index in [2.05, 4.69) is 10.3 Å². The first kappa shape index (κ1) is 13.9. The summed E-state index contributed by atoms with van der Waals surface area (Å²) in [7, 11) is 0. The summed E-state index contributed by atoms with van der Waals surface area (Å²) >= 11 is 0. The van der Waals surface area contributed by atoms with Crippen LogP contribution in [0.3, 0.4) is 0 Å². The van der Waals surface area contributed by atoms with Crippen LogP contribution in [0.2, 0.25) is 0 Å². The number of hydrogen-bond acceptors (Lipinski definition) is 4. The van der Waals surface area contributed by atoms with Crippen LogP contribution in [0.1, 0.15) is 18.9 Å². The third kappa shape index (κ3) is 2.90. The SMILES string of the molecule is CCCn1c(=O)[nH]c(N)c(NCc2ccccc2)c1=O. The van der Waals surface area contributed by atoms with Gasteiger partial charge in [0.1, 0.15) is 11.5 Å². The number of nitrogens with zero attached hydrogens (tertiary/aromatic N) is 1. The molecule has 6 heteroatoms. The van der Waals surface area contributed by atoms with Gasteiger partial charge in [-0.1, -0.05) is 37.3 Å². The van der Waals surface area contributed by atoms with Crippen LogP contribution in [0.4, 0.5) is 11.5 Å². The molecule has 2 rings (SSSR count). The van der Waals surface area contributed by atoms with Gasteiger partial charge in [0.25, 0.3) is 5.56 Å². The molecule has 0 aliphatic carbocycles. The molecule has 106 valence electrons. The number of aromatic nitrogens is 2. The van der Waals surface area contributed by atoms with Gasteiger partial charge in [0.15, 0.2) is 0 Å². The highest BCUT2D eigenvalue weighted by molar-refractivity contribution is 5.59. The Labute approximate surface area is 116 Å². The monoisotopic (exact) mass is 274 g/mol. The van der Waals surface area contributed by atoms with Crippen molar-refractivity contribution >= 4 is 11.5 Å². The average Bonchev–Trinajstić information content (AvgIpc) is 2.44. The van der Waals surface area contributed by atoms with Crippen LogP contribution in [0, 0.1) is 0 Å². The van der Waals surface area contributed by atoms with E-state index >= 15 is 0 Å². The summed E-state index contributed by atoms with van der Waals surface area (Å²) in [5.74, 6) is 0.0725. The molecule has 0 aliphatic rings. The molecule has 0 saturated carbocycles. The lowest BCUT2D eigenvalue weighted by molar-refractivity contribution is 0.618. The van der Waals surface area contributed by atoms with Crippen molar-refractivity contribution < 1.29 is 0 Å². The number of nitrogens with two attached hydrogens (primary N) is 1. The zero-order chi connectivity index (χ0) is 14.5. The number of H-pyrrole nitrogens is 1. The standard InChI is InChI=1S/C14H18N4O2/c1-2-8-18-13(19)11(12(15)17-14(18)20)16-9-10-6-4-3-5-7-10/h3-7,16H,2,8-9,15H2,1H3,(H,17,20). The van der Waals surface area contributed by atoms with Gasteiger partial charge in [0, 0.05) is 13.1 Å². The van der Waals surface area contributed by atoms with Gasteiger partial charge in [-0.05, 0) is 12.0 Å². The van der Waals surface area contributed by atoms with E-state index in [1.165, 1.54) is 0 Å². The first-order chi connectivity index (χ1) is 9.63. The van der Waals surface area contributed by atoms with Crippen molar-refractivity contribution in [1.29, 1.82) is 0 Å². The molecule has 0 atom stereocenters. The largest absolute Gasteiger partial charge is 0.383 e. The Morgan fingerprint density at radius 2 is 1.95 bits per heavy atom. The Morgan fingerprint density at radius 3 is 2.60 bits per heavy atom. The predicted molar refractivity (Wildman–Crippen MR) is 79.8 cm³/mol. The zero-order valence-electron chi connectivity index (χ0n) is 11.3. The number of anilines is 2. The quantitative estimate of drug-likeness (QED) is 0.762. The smallest absolute Gasteiger partial charge is 0.330 e. The molecule has 0 aliphatic heterocycles. The second kappa shape index (κ2) is 6.10. The van der Waals surface area contributed by atoms with Crippen LogP contribution in [0.25, 0.3) is 0 Å². The van der Waals surface area contributed by atoms with Gasteiger partial charge in [-0.15, -0.1) is 0 Å². The molecule has 2 aromatic rings. The van der Waals surface area contributed by atoms with E-state index in [0.717, 1.165) is 10.1 Å². The number of nitrogens with one attached hydrogen (secondary N) is 2. The topological polar surface area (TPSA) is 92.9 Å². The highest BCUT2D eigenvalue weighted by Crippen LogP contribution is 2.09. The maximum Gasteiger partial charge on any atom is 0.330 e. The number of hydrogen-bond donors (Lipinski definition) is 3. The van der Waals surface area contributed by atoms with E-state index in [1.807, 2.05) is 37.3 Å². The Morgan fingerprint density at radius 1 is 1.25 bits per heavy atom. The van der Waals surface area contributed by atoms with Crippen LogP contribution in [0.5, 0.6) is 0 Å². The predicted octanol–water partition coefficient (Wildman–Crippen LogP) is 1.14. The van der Waals surface area contributed by atoms with Crippen LogP contribution < -0.4 is 22.3 Å². The Balaban J connectivity index is 2.30. The Bertz CT molecular complexity index is 689. The van der Waals surface area contributed by atoms with Crippen LogP contribution >= 0.6 is 0 Å². The van der Waals surface area contributed by atoms with E-state index in [1.54, 1.807) is 0 Å². The summed E-state index contributed by atoms with van der Waals surface area (Å²) in [6.45, 7) is 2.74. The first-order valence-electron chi connectivity index (χ1n) is 6.54. The number of rotatable bonds is 5. The van der Waals surface area contributed by atoms with Crippen molar-refractivity contribution in [2.75, 3.05) is 11.1 Å². The summed E-state index contributed by atoms with van der Waals surface area (Å²) in [6, 6.07) is 9.65. The summed E-state index contributed by atoms with van der Waals surface area (Å²) < 4.78 is 1.16. The third-order valence-corrected chi connectivity index (χ3v) is 2.97. The highest BCUT2D eigenvalue weighted by Gasteiger charge is 2.11. The fourth-order valence-corrected chi connectivity index (χ4v) is 1.97. The normalized spacial score (nSPS) is 10.4. The van der Waals surface area contributed by atoms with Gasteiger partial charge in [-0.25, -0.2) is 4.79 Å². The summed E-state index contributed by atoms with van der Waals surface area (Å²) in [4.78, 5) is 26.4. The van der Waals surface area contributed by atoms with Crippen molar-refractivity contribution in [2.45, 2.75) is 26.4 Å². The zero-order valence-corrected chi connectivity index (χ0v) is 11.3. The Hall–Kier alpha value is -2.50. The van der Waals surface area contributed by atoms with E-state index in [0.29, 0.717) is 19.5 Å². The summed E-state index contributed by atoms with van der Waals surface area (Å²) in [5, 5.41) is 3.00. The highest BCUT2D eigenvalue weighted by atomic mass is 16.2. The van der Waals surface area contributed by atoms with E-state index in [-0.39, 0.29) is 17.1 Å². The maximum absolute atomic E-state index is 12.2. The Kier molecular flexibility index (Phi) is 4.24. The molecule has 0 unspecified atom stereocenters. The van der Waals surface area contributed by atoms with Crippen LogP contribution in [-0.2, 0) is 13.1 Å². The summed E-state index contributed by atoms with van der Waals surface area (Å²) in [5.41, 5.74) is 6.13. The first-order valence-corrected chi connectivity index (χ1v) is 6.54. The molecule has 4 N–H and O–H groups in total. The van der Waals surface area contributed by atoms with Crippen LogP contribution in [0.15, 0.2) is 39.9 Å². The van der Waals surface area contributed by atoms with Crippen molar-refractivity contribution in [3.05, 3.63) is 56.7 Å². The average molecular weight is 274 g/mol. The molecule has 0 spiro atoms. The van der Waals surface area contributed by atoms with Gasteiger partial charge >= 0.3 is 5.69 Å². The minimum Gasteiger partial charge on any atom is -0.383 e. The molecule has 1 aromatic carbocycles. The molecule has 20 heavy (non-hydrogen) atoms. The maximum atomic E-state index is 12.2. The van der Waals surface area contributed by atoms with Gasteiger partial charge < -0.3 is 11.1 Å². The lowest BCUT2D eigenvalue weighted by atomic mass is 10.2. The lowest BCUT2D eigenvalue weighted by Crippen LogP contribution is -2.37. The van der Waals surface area contributed by atoms with Crippen LogP contribution in [-0.4, -0.2) is 9.55 Å². The molecule has 1 heterocycles. The van der Waals surface area contributed by atoms with E-state index < -0.39 is 5.69 Å². The minimum atomic E-state index is -0.473. The number of aromatic amines is 1. The van der Waals surface area contributed by atoms with E-state index in [4.69, 9.17) is 5.73 Å². The van der Waals surface area contributed by atoms with Crippen molar-refractivity contribution in [2.24, 2.45) is 0 Å². The molecular formula is C14H18N4O2. The molecule has 1 aromatic heterocycles. The van der Waals surface area contributed by atoms with Gasteiger partial charge in [0.05, 0.1) is 0 Å². The number of benzene rings is 1. The van der Waals surface area contributed by atoms with Gasteiger partial charge in [0.2, 0.25) is 0 Å². The molecule has 0 bridgehead atoms. The molecule has 0 radical (unpaired) electrons. The fraction of sp³-hybridized carbons (Fsp3) is 0.286. The second-order valence-electron chi connectivity index (χ2n) is 4.51. The third-order valence-electron chi connectivity index (χ3n) is 2.97. The fourth-order valence-electron chi connectivity index (χ4n) is 1.97. The molecule has 0 amide bonds. The van der Waals surface area contributed by atoms with Crippen molar-refractivity contribution in [1.82, 2.24) is 9.55 Å². The minimum absolute atomic E-state index is 0.0725. The molecule has 6 nitrogen and oxygen atoms in total. The molecule has 0 fully saturated rings. The lowest BCUT2D eigenvalue weighted by Gasteiger charge is -2.11. The van der Waals surface area contributed by atoms with Gasteiger partial charge in [-0.3, -0.25) is 14.3 Å². The number of nitrogen functional groups attached to an aromatic ring is 1.